The highest BCUT2D eigenvalue weighted by atomic mass is 16.1. The van der Waals surface area contributed by atoms with Crippen molar-refractivity contribution in [3.05, 3.63) is 60.2 Å². The number of nitrogens with zero attached hydrogens (tertiary/aromatic N) is 3. The Morgan fingerprint density at radius 2 is 1.67 bits per heavy atom. The van der Waals surface area contributed by atoms with Crippen molar-refractivity contribution in [3.8, 4) is 0 Å². The number of carbonyl (C=O) groups excluding carboxylic acids is 1. The molecule has 1 aromatic heterocycles. The zero-order valence-corrected chi connectivity index (χ0v) is 16.0. The molecule has 0 aliphatic heterocycles. The van der Waals surface area contributed by atoms with Crippen molar-refractivity contribution in [2.75, 3.05) is 0 Å². The highest BCUT2D eigenvalue weighted by Gasteiger charge is 2.18. The highest BCUT2D eigenvalue weighted by molar-refractivity contribution is 5.94. The Kier molecular flexibility index (Phi) is 6.97. The van der Waals surface area contributed by atoms with E-state index in [1.54, 1.807) is 0 Å². The SMILES string of the molecule is CCCCCCCCC(NC(=O)c1ccccc1)n1nnc2ccccc21. The minimum atomic E-state index is -0.198. The van der Waals surface area contributed by atoms with Crippen LogP contribution >= 0.6 is 0 Å². The van der Waals surface area contributed by atoms with Crippen LogP contribution in [0.4, 0.5) is 0 Å². The number of nitrogens with one attached hydrogen (secondary N) is 1. The van der Waals surface area contributed by atoms with Gasteiger partial charge in [0.2, 0.25) is 0 Å². The molecule has 0 radical (unpaired) electrons. The van der Waals surface area contributed by atoms with Crippen LogP contribution in [0.1, 0.15) is 68.4 Å². The Labute approximate surface area is 160 Å². The van der Waals surface area contributed by atoms with Crippen molar-refractivity contribution in [3.63, 3.8) is 0 Å². The van der Waals surface area contributed by atoms with E-state index in [1.165, 1.54) is 32.1 Å². The molecule has 0 bridgehead atoms. The molecule has 0 aliphatic rings. The number of aromatic nitrogens is 3. The lowest BCUT2D eigenvalue weighted by atomic mass is 10.1. The molecular formula is C22H28N4O. The molecule has 27 heavy (non-hydrogen) atoms. The van der Waals surface area contributed by atoms with Crippen LogP contribution in [0, 0.1) is 0 Å². The number of rotatable bonds is 10. The second-order valence-electron chi connectivity index (χ2n) is 6.93. The Morgan fingerprint density at radius 1 is 0.963 bits per heavy atom. The monoisotopic (exact) mass is 364 g/mol. The fourth-order valence-corrected chi connectivity index (χ4v) is 3.32. The summed E-state index contributed by atoms with van der Waals surface area (Å²) in [6, 6.07) is 17.2. The predicted molar refractivity (Wildman–Crippen MR) is 108 cm³/mol. The van der Waals surface area contributed by atoms with E-state index < -0.39 is 0 Å². The van der Waals surface area contributed by atoms with Gasteiger partial charge in [0.05, 0.1) is 5.52 Å². The van der Waals surface area contributed by atoms with Crippen molar-refractivity contribution in [1.29, 1.82) is 0 Å². The van der Waals surface area contributed by atoms with Gasteiger partial charge in [0.1, 0.15) is 11.7 Å². The molecule has 1 N–H and O–H groups in total. The normalized spacial score (nSPS) is 12.2. The van der Waals surface area contributed by atoms with Crippen LogP contribution < -0.4 is 5.32 Å². The standard InChI is InChI=1S/C22H28N4O/c1-2-3-4-5-6-10-17-21(23-22(27)18-13-8-7-9-14-18)26-20-16-12-11-15-19(20)24-25-26/h7-9,11-16,21H,2-6,10,17H2,1H3,(H,23,27). The number of unbranched alkanes of at least 4 members (excludes halogenated alkanes) is 5. The first-order valence-electron chi connectivity index (χ1n) is 9.95. The summed E-state index contributed by atoms with van der Waals surface area (Å²) >= 11 is 0. The first-order valence-corrected chi connectivity index (χ1v) is 9.95. The number of benzene rings is 2. The third kappa shape index (κ3) is 5.16. The van der Waals surface area contributed by atoms with Gasteiger partial charge in [-0.15, -0.1) is 5.10 Å². The van der Waals surface area contributed by atoms with Crippen molar-refractivity contribution >= 4 is 16.9 Å². The molecule has 5 nitrogen and oxygen atoms in total. The van der Waals surface area contributed by atoms with Gasteiger partial charge >= 0.3 is 0 Å². The van der Waals surface area contributed by atoms with Crippen LogP contribution in [0.2, 0.25) is 0 Å². The lowest BCUT2D eigenvalue weighted by Gasteiger charge is -2.19. The van der Waals surface area contributed by atoms with Gasteiger partial charge in [-0.05, 0) is 37.1 Å². The van der Waals surface area contributed by atoms with Gasteiger partial charge in [0, 0.05) is 5.56 Å². The van der Waals surface area contributed by atoms with Gasteiger partial charge in [-0.3, -0.25) is 4.79 Å². The van der Waals surface area contributed by atoms with E-state index in [0.717, 1.165) is 23.9 Å². The average Bonchev–Trinajstić information content (AvgIpc) is 3.14. The van der Waals surface area contributed by atoms with E-state index in [2.05, 4.69) is 22.6 Å². The average molecular weight is 364 g/mol. The summed E-state index contributed by atoms with van der Waals surface area (Å²) in [5.41, 5.74) is 2.45. The molecule has 142 valence electrons. The molecule has 0 spiro atoms. The van der Waals surface area contributed by atoms with Gasteiger partial charge in [-0.2, -0.15) is 0 Å². The summed E-state index contributed by atoms with van der Waals surface area (Å²) in [4.78, 5) is 12.7. The zero-order valence-electron chi connectivity index (χ0n) is 16.0. The lowest BCUT2D eigenvalue weighted by Crippen LogP contribution is -2.33. The molecule has 0 fully saturated rings. The van der Waals surface area contributed by atoms with Crippen LogP contribution in [-0.4, -0.2) is 20.9 Å². The second kappa shape index (κ2) is 9.86. The van der Waals surface area contributed by atoms with Crippen LogP contribution in [0.25, 0.3) is 11.0 Å². The van der Waals surface area contributed by atoms with E-state index in [4.69, 9.17) is 0 Å². The topological polar surface area (TPSA) is 59.8 Å². The molecule has 3 rings (SSSR count). The maximum absolute atomic E-state index is 12.7. The van der Waals surface area contributed by atoms with Gasteiger partial charge < -0.3 is 5.32 Å². The quantitative estimate of drug-likeness (QED) is 0.509. The van der Waals surface area contributed by atoms with Crippen LogP contribution in [0.3, 0.4) is 0 Å². The minimum Gasteiger partial charge on any atom is -0.330 e. The lowest BCUT2D eigenvalue weighted by molar-refractivity contribution is 0.0912. The molecular weight excluding hydrogens is 336 g/mol. The van der Waals surface area contributed by atoms with E-state index in [9.17, 15) is 4.79 Å². The summed E-state index contributed by atoms with van der Waals surface area (Å²) in [7, 11) is 0. The number of amides is 1. The van der Waals surface area contributed by atoms with E-state index >= 15 is 0 Å². The molecule has 1 amide bonds. The third-order valence-corrected chi connectivity index (χ3v) is 4.84. The Balaban J connectivity index is 1.71. The van der Waals surface area contributed by atoms with Gasteiger partial charge in [0.25, 0.3) is 5.91 Å². The second-order valence-corrected chi connectivity index (χ2v) is 6.93. The minimum absolute atomic E-state index is 0.0776. The van der Waals surface area contributed by atoms with Crippen LogP contribution in [0.5, 0.6) is 0 Å². The van der Waals surface area contributed by atoms with E-state index in [1.807, 2.05) is 59.3 Å². The van der Waals surface area contributed by atoms with Gasteiger partial charge in [-0.1, -0.05) is 74.6 Å². The number of fused-ring (bicyclic) bond motifs is 1. The predicted octanol–water partition coefficient (Wildman–Crippen LogP) is 5.11. The maximum Gasteiger partial charge on any atom is 0.252 e. The number of para-hydroxylation sites is 1. The Hall–Kier alpha value is -2.69. The first kappa shape index (κ1) is 19.1. The summed E-state index contributed by atoms with van der Waals surface area (Å²) in [5, 5.41) is 11.7. The molecule has 1 unspecified atom stereocenters. The van der Waals surface area contributed by atoms with Crippen molar-refractivity contribution in [2.24, 2.45) is 0 Å². The largest absolute Gasteiger partial charge is 0.330 e. The highest BCUT2D eigenvalue weighted by Crippen LogP contribution is 2.20. The summed E-state index contributed by atoms with van der Waals surface area (Å²) in [6.07, 6.45) is 7.94. The number of hydrogen-bond acceptors (Lipinski definition) is 3. The summed E-state index contributed by atoms with van der Waals surface area (Å²) < 4.78 is 1.85. The molecule has 1 heterocycles. The fraction of sp³-hybridized carbons (Fsp3) is 0.409. The number of hydrogen-bond donors (Lipinski definition) is 1. The van der Waals surface area contributed by atoms with E-state index in [0.29, 0.717) is 5.56 Å². The molecule has 0 saturated carbocycles. The van der Waals surface area contributed by atoms with Gasteiger partial charge in [-0.25, -0.2) is 4.68 Å². The molecule has 5 heteroatoms. The summed E-state index contributed by atoms with van der Waals surface area (Å²) in [5.74, 6) is -0.0776. The zero-order chi connectivity index (χ0) is 18.9. The molecule has 0 aliphatic carbocycles. The molecule has 3 aromatic rings. The summed E-state index contributed by atoms with van der Waals surface area (Å²) in [6.45, 7) is 2.23. The van der Waals surface area contributed by atoms with Crippen molar-refractivity contribution in [2.45, 2.75) is 58.0 Å². The van der Waals surface area contributed by atoms with Crippen LogP contribution in [-0.2, 0) is 0 Å². The fourth-order valence-electron chi connectivity index (χ4n) is 3.32. The molecule has 2 aromatic carbocycles. The van der Waals surface area contributed by atoms with E-state index in [-0.39, 0.29) is 12.1 Å². The van der Waals surface area contributed by atoms with Crippen LogP contribution in [0.15, 0.2) is 54.6 Å². The Bertz CT molecular complexity index is 844. The molecule has 1 atom stereocenters. The Morgan fingerprint density at radius 3 is 2.48 bits per heavy atom. The smallest absolute Gasteiger partial charge is 0.252 e. The van der Waals surface area contributed by atoms with Crippen molar-refractivity contribution in [1.82, 2.24) is 20.3 Å². The van der Waals surface area contributed by atoms with Gasteiger partial charge in [0.15, 0.2) is 0 Å². The first-order chi connectivity index (χ1) is 13.3. The maximum atomic E-state index is 12.7. The molecule has 0 saturated heterocycles. The number of carbonyl (C=O) groups is 1. The van der Waals surface area contributed by atoms with Crippen molar-refractivity contribution < 1.29 is 4.79 Å². The third-order valence-electron chi connectivity index (χ3n) is 4.84.